The van der Waals surface area contributed by atoms with Crippen molar-refractivity contribution in [2.75, 3.05) is 6.54 Å². The molecular weight excluding hydrogens is 208 g/mol. The van der Waals surface area contributed by atoms with Crippen LogP contribution in [0.25, 0.3) is 0 Å². The molecular formula is C15H28N2. The van der Waals surface area contributed by atoms with E-state index in [1.807, 2.05) is 13.8 Å². The minimum absolute atomic E-state index is 0.158. The molecule has 1 saturated carbocycles. The average Bonchev–Trinajstić information content (AvgIpc) is 2.27. The summed E-state index contributed by atoms with van der Waals surface area (Å²) < 4.78 is 0. The molecule has 3 atom stereocenters. The molecule has 0 aliphatic heterocycles. The standard InChI is InChI=1S/C15H28N2/c1-12-6-7-14(13(2)10-12)17-9-5-8-15(3,4)11-16/h12-14,17H,5-10H2,1-4H3. The van der Waals surface area contributed by atoms with Gasteiger partial charge >= 0.3 is 0 Å². The van der Waals surface area contributed by atoms with Gasteiger partial charge in [0.15, 0.2) is 0 Å². The summed E-state index contributed by atoms with van der Waals surface area (Å²) in [6.45, 7) is 9.85. The fourth-order valence-electron chi connectivity index (χ4n) is 2.84. The van der Waals surface area contributed by atoms with Gasteiger partial charge in [-0.05, 0) is 64.3 Å². The van der Waals surface area contributed by atoms with Crippen LogP contribution in [0.15, 0.2) is 0 Å². The largest absolute Gasteiger partial charge is 0.314 e. The van der Waals surface area contributed by atoms with E-state index in [9.17, 15) is 0 Å². The molecule has 0 bridgehead atoms. The van der Waals surface area contributed by atoms with Crippen LogP contribution in [-0.2, 0) is 0 Å². The molecule has 1 rings (SSSR count). The monoisotopic (exact) mass is 236 g/mol. The topological polar surface area (TPSA) is 35.8 Å². The Balaban J connectivity index is 2.17. The molecule has 0 aromatic carbocycles. The van der Waals surface area contributed by atoms with Crippen LogP contribution in [0, 0.1) is 28.6 Å². The quantitative estimate of drug-likeness (QED) is 0.738. The molecule has 1 aliphatic rings. The first-order valence-corrected chi connectivity index (χ1v) is 7.09. The van der Waals surface area contributed by atoms with Gasteiger partial charge in [0.1, 0.15) is 0 Å². The van der Waals surface area contributed by atoms with Gasteiger partial charge in [0.25, 0.3) is 0 Å². The average molecular weight is 236 g/mol. The Morgan fingerprint density at radius 1 is 1.29 bits per heavy atom. The first kappa shape index (κ1) is 14.5. The van der Waals surface area contributed by atoms with Gasteiger partial charge in [0, 0.05) is 6.04 Å². The Labute approximate surface area is 107 Å². The van der Waals surface area contributed by atoms with Gasteiger partial charge in [-0.1, -0.05) is 13.8 Å². The molecule has 98 valence electrons. The van der Waals surface area contributed by atoms with Gasteiger partial charge in [-0.3, -0.25) is 0 Å². The van der Waals surface area contributed by atoms with Crippen molar-refractivity contribution in [2.24, 2.45) is 17.3 Å². The fourth-order valence-corrected chi connectivity index (χ4v) is 2.84. The zero-order valence-electron chi connectivity index (χ0n) is 11.9. The Kier molecular flexibility index (Phi) is 5.46. The van der Waals surface area contributed by atoms with E-state index in [2.05, 4.69) is 25.2 Å². The highest BCUT2D eigenvalue weighted by molar-refractivity contribution is 4.91. The van der Waals surface area contributed by atoms with Crippen molar-refractivity contribution in [1.29, 1.82) is 5.26 Å². The lowest BCUT2D eigenvalue weighted by Gasteiger charge is -2.33. The number of hydrogen-bond acceptors (Lipinski definition) is 2. The molecule has 2 nitrogen and oxygen atoms in total. The van der Waals surface area contributed by atoms with Crippen LogP contribution in [0.4, 0.5) is 0 Å². The van der Waals surface area contributed by atoms with Crippen LogP contribution >= 0.6 is 0 Å². The summed E-state index contributed by atoms with van der Waals surface area (Å²) in [5.74, 6) is 1.71. The van der Waals surface area contributed by atoms with E-state index in [4.69, 9.17) is 5.26 Å². The molecule has 0 saturated heterocycles. The molecule has 0 radical (unpaired) electrons. The maximum absolute atomic E-state index is 8.94. The SMILES string of the molecule is CC1CCC(NCCCC(C)(C)C#N)C(C)C1. The van der Waals surface area contributed by atoms with Gasteiger partial charge in [0.2, 0.25) is 0 Å². The number of nitriles is 1. The second-order valence-corrected chi connectivity index (χ2v) is 6.56. The summed E-state index contributed by atoms with van der Waals surface area (Å²) in [5, 5.41) is 12.6. The van der Waals surface area contributed by atoms with Crippen molar-refractivity contribution in [3.05, 3.63) is 0 Å². The van der Waals surface area contributed by atoms with Crippen LogP contribution in [0.5, 0.6) is 0 Å². The molecule has 2 heteroatoms. The Hall–Kier alpha value is -0.550. The van der Waals surface area contributed by atoms with E-state index in [1.54, 1.807) is 0 Å². The molecule has 0 heterocycles. The predicted molar refractivity (Wildman–Crippen MR) is 72.6 cm³/mol. The highest BCUT2D eigenvalue weighted by Crippen LogP contribution is 2.28. The van der Waals surface area contributed by atoms with E-state index in [1.165, 1.54) is 19.3 Å². The molecule has 3 unspecified atom stereocenters. The van der Waals surface area contributed by atoms with Gasteiger partial charge < -0.3 is 5.32 Å². The van der Waals surface area contributed by atoms with Gasteiger partial charge in [-0.2, -0.15) is 5.26 Å². The van der Waals surface area contributed by atoms with Crippen molar-refractivity contribution < 1.29 is 0 Å². The van der Waals surface area contributed by atoms with Gasteiger partial charge in [0.05, 0.1) is 11.5 Å². The second-order valence-electron chi connectivity index (χ2n) is 6.56. The Morgan fingerprint density at radius 3 is 2.59 bits per heavy atom. The maximum Gasteiger partial charge on any atom is 0.0683 e. The molecule has 0 spiro atoms. The molecule has 1 aliphatic carbocycles. The maximum atomic E-state index is 8.94. The first-order valence-electron chi connectivity index (χ1n) is 7.09. The van der Waals surface area contributed by atoms with Gasteiger partial charge in [-0.15, -0.1) is 0 Å². The van der Waals surface area contributed by atoms with Crippen LogP contribution in [0.2, 0.25) is 0 Å². The lowest BCUT2D eigenvalue weighted by Crippen LogP contribution is -2.39. The third-order valence-electron chi connectivity index (χ3n) is 4.12. The van der Waals surface area contributed by atoms with E-state index >= 15 is 0 Å². The van der Waals surface area contributed by atoms with E-state index in [-0.39, 0.29) is 5.41 Å². The highest BCUT2D eigenvalue weighted by atomic mass is 14.9. The van der Waals surface area contributed by atoms with Crippen LogP contribution in [-0.4, -0.2) is 12.6 Å². The number of hydrogen-bond donors (Lipinski definition) is 1. The van der Waals surface area contributed by atoms with Gasteiger partial charge in [-0.25, -0.2) is 0 Å². The molecule has 0 amide bonds. The van der Waals surface area contributed by atoms with Crippen LogP contribution in [0.3, 0.4) is 0 Å². The zero-order valence-corrected chi connectivity index (χ0v) is 11.9. The zero-order chi connectivity index (χ0) is 12.9. The fraction of sp³-hybridized carbons (Fsp3) is 0.933. The normalized spacial score (nSPS) is 29.9. The summed E-state index contributed by atoms with van der Waals surface area (Å²) in [7, 11) is 0. The minimum Gasteiger partial charge on any atom is -0.314 e. The van der Waals surface area contributed by atoms with Crippen LogP contribution in [0.1, 0.15) is 59.8 Å². The van der Waals surface area contributed by atoms with Crippen molar-refractivity contribution in [2.45, 2.75) is 65.8 Å². The molecule has 17 heavy (non-hydrogen) atoms. The first-order chi connectivity index (χ1) is 7.94. The summed E-state index contributed by atoms with van der Waals surface area (Å²) in [4.78, 5) is 0. The summed E-state index contributed by atoms with van der Waals surface area (Å²) in [5.41, 5.74) is -0.158. The summed E-state index contributed by atoms with van der Waals surface area (Å²) in [6.07, 6.45) is 6.16. The van der Waals surface area contributed by atoms with Crippen molar-refractivity contribution in [3.63, 3.8) is 0 Å². The van der Waals surface area contributed by atoms with Crippen molar-refractivity contribution >= 4 is 0 Å². The van der Waals surface area contributed by atoms with Crippen molar-refractivity contribution in [3.8, 4) is 6.07 Å². The minimum atomic E-state index is -0.158. The second kappa shape index (κ2) is 6.40. The third-order valence-corrected chi connectivity index (χ3v) is 4.12. The van der Waals surface area contributed by atoms with E-state index in [0.29, 0.717) is 6.04 Å². The smallest absolute Gasteiger partial charge is 0.0683 e. The number of nitrogens with zero attached hydrogens (tertiary/aromatic N) is 1. The number of nitrogens with one attached hydrogen (secondary N) is 1. The molecule has 1 fully saturated rings. The number of rotatable bonds is 5. The third kappa shape index (κ3) is 5.08. The Bertz CT molecular complexity index is 265. The summed E-state index contributed by atoms with van der Waals surface area (Å²) in [6, 6.07) is 3.07. The highest BCUT2D eigenvalue weighted by Gasteiger charge is 2.24. The molecule has 0 aromatic heterocycles. The predicted octanol–water partition coefficient (Wildman–Crippen LogP) is 3.73. The van der Waals surface area contributed by atoms with Crippen LogP contribution < -0.4 is 5.32 Å². The summed E-state index contributed by atoms with van der Waals surface area (Å²) >= 11 is 0. The van der Waals surface area contributed by atoms with E-state index in [0.717, 1.165) is 31.2 Å². The lowest BCUT2D eigenvalue weighted by atomic mass is 9.80. The lowest BCUT2D eigenvalue weighted by molar-refractivity contribution is 0.226. The van der Waals surface area contributed by atoms with E-state index < -0.39 is 0 Å². The Morgan fingerprint density at radius 2 is 2.00 bits per heavy atom. The molecule has 0 aromatic rings. The molecule has 1 N–H and O–H groups in total. The van der Waals surface area contributed by atoms with Crippen molar-refractivity contribution in [1.82, 2.24) is 5.32 Å².